The molecule has 2 aromatic carbocycles. The van der Waals surface area contributed by atoms with Crippen LogP contribution in [0.4, 0.5) is 5.69 Å². The van der Waals surface area contributed by atoms with E-state index in [-0.39, 0.29) is 23.6 Å². The van der Waals surface area contributed by atoms with Gasteiger partial charge in [-0.2, -0.15) is 0 Å². The van der Waals surface area contributed by atoms with Gasteiger partial charge in [0.15, 0.2) is 0 Å². The Morgan fingerprint density at radius 2 is 1.77 bits per heavy atom. The predicted molar refractivity (Wildman–Crippen MR) is 118 cm³/mol. The van der Waals surface area contributed by atoms with Crippen molar-refractivity contribution in [2.45, 2.75) is 32.9 Å². The second kappa shape index (κ2) is 8.49. The van der Waals surface area contributed by atoms with Crippen molar-refractivity contribution in [2.75, 3.05) is 11.4 Å². The van der Waals surface area contributed by atoms with Crippen molar-refractivity contribution < 1.29 is 9.59 Å². The number of hydrogen-bond donors (Lipinski definition) is 0. The Labute approximate surface area is 177 Å². The first-order valence-corrected chi connectivity index (χ1v) is 10.3. The second-order valence-corrected chi connectivity index (χ2v) is 7.78. The smallest absolute Gasteiger partial charge is 0.272 e. The normalized spacial score (nSPS) is 12.7. The van der Waals surface area contributed by atoms with Gasteiger partial charge in [-0.3, -0.25) is 14.6 Å². The number of fused-ring (bicyclic) bond motifs is 1. The fourth-order valence-corrected chi connectivity index (χ4v) is 3.80. The van der Waals surface area contributed by atoms with Crippen LogP contribution in [0.2, 0.25) is 0 Å². The van der Waals surface area contributed by atoms with Gasteiger partial charge in [0.1, 0.15) is 5.69 Å². The lowest BCUT2D eigenvalue weighted by atomic mass is 10.1. The zero-order valence-electron chi connectivity index (χ0n) is 17.3. The molecule has 0 bridgehead atoms. The summed E-state index contributed by atoms with van der Waals surface area (Å²) in [6.07, 6.45) is 2.39. The number of carbonyl (C=O) groups is 2. The quantitative estimate of drug-likeness (QED) is 0.641. The molecule has 5 nitrogen and oxygen atoms in total. The van der Waals surface area contributed by atoms with Gasteiger partial charge >= 0.3 is 0 Å². The molecule has 0 radical (unpaired) electrons. The van der Waals surface area contributed by atoms with Crippen LogP contribution in [0.25, 0.3) is 0 Å². The molecule has 5 heteroatoms. The van der Waals surface area contributed by atoms with Crippen LogP contribution in [0.15, 0.2) is 72.9 Å². The average Bonchev–Trinajstić information content (AvgIpc) is 3.21. The van der Waals surface area contributed by atoms with Crippen LogP contribution in [-0.2, 0) is 13.0 Å². The molecular formula is C25H25N3O2. The van der Waals surface area contributed by atoms with Crippen LogP contribution in [-0.4, -0.2) is 34.3 Å². The fourth-order valence-electron chi connectivity index (χ4n) is 3.80. The van der Waals surface area contributed by atoms with Crippen LogP contribution in [0.1, 0.15) is 45.8 Å². The third-order valence-electron chi connectivity index (χ3n) is 5.44. The highest BCUT2D eigenvalue weighted by Crippen LogP contribution is 2.29. The van der Waals surface area contributed by atoms with Crippen molar-refractivity contribution >= 4 is 17.5 Å². The van der Waals surface area contributed by atoms with Crippen molar-refractivity contribution in [3.05, 3.63) is 95.3 Å². The molecule has 0 aliphatic carbocycles. The number of para-hydroxylation sites is 1. The van der Waals surface area contributed by atoms with E-state index in [1.165, 1.54) is 5.56 Å². The third kappa shape index (κ3) is 3.96. The van der Waals surface area contributed by atoms with Crippen LogP contribution >= 0.6 is 0 Å². The molecule has 2 heterocycles. The molecule has 152 valence electrons. The largest absolute Gasteiger partial charge is 0.331 e. The number of benzene rings is 2. The Kier molecular flexibility index (Phi) is 5.61. The van der Waals surface area contributed by atoms with E-state index in [1.54, 1.807) is 28.1 Å². The van der Waals surface area contributed by atoms with Crippen LogP contribution in [0, 0.1) is 0 Å². The molecule has 30 heavy (non-hydrogen) atoms. The first-order chi connectivity index (χ1) is 14.5. The summed E-state index contributed by atoms with van der Waals surface area (Å²) in [4.78, 5) is 34.2. The third-order valence-corrected chi connectivity index (χ3v) is 5.44. The van der Waals surface area contributed by atoms with Crippen molar-refractivity contribution in [2.24, 2.45) is 0 Å². The fraction of sp³-hybridized carbons (Fsp3) is 0.240. The zero-order chi connectivity index (χ0) is 21.1. The lowest BCUT2D eigenvalue weighted by Crippen LogP contribution is -2.37. The molecule has 1 aromatic heterocycles. The SMILES string of the molecule is CC(C)N(Cc1ccccc1)C(=O)c1cc(C(=O)N2CCc3ccccc32)ccn1. The number of anilines is 1. The number of rotatable bonds is 5. The topological polar surface area (TPSA) is 53.5 Å². The van der Waals surface area contributed by atoms with Gasteiger partial charge in [0.05, 0.1) is 0 Å². The first-order valence-electron chi connectivity index (χ1n) is 10.3. The maximum atomic E-state index is 13.2. The number of pyridine rings is 1. The molecule has 2 amide bonds. The molecule has 0 saturated carbocycles. The first kappa shape index (κ1) is 19.8. The van der Waals surface area contributed by atoms with Gasteiger partial charge in [0, 0.05) is 36.6 Å². The van der Waals surface area contributed by atoms with E-state index in [0.29, 0.717) is 18.7 Å². The van der Waals surface area contributed by atoms with Gasteiger partial charge < -0.3 is 9.80 Å². The lowest BCUT2D eigenvalue weighted by Gasteiger charge is -2.27. The van der Waals surface area contributed by atoms with E-state index >= 15 is 0 Å². The summed E-state index contributed by atoms with van der Waals surface area (Å²) in [6, 6.07) is 21.1. The summed E-state index contributed by atoms with van der Waals surface area (Å²) < 4.78 is 0. The number of nitrogens with zero attached hydrogens (tertiary/aromatic N) is 3. The summed E-state index contributed by atoms with van der Waals surface area (Å²) in [5.74, 6) is -0.277. The molecule has 0 N–H and O–H groups in total. The van der Waals surface area contributed by atoms with Crippen molar-refractivity contribution in [3.8, 4) is 0 Å². The summed E-state index contributed by atoms with van der Waals surface area (Å²) in [6.45, 7) is 5.11. The number of carbonyl (C=O) groups excluding carboxylic acids is 2. The van der Waals surface area contributed by atoms with E-state index in [4.69, 9.17) is 0 Å². The number of hydrogen-bond acceptors (Lipinski definition) is 3. The van der Waals surface area contributed by atoms with Gasteiger partial charge in [-0.05, 0) is 49.6 Å². The maximum absolute atomic E-state index is 13.2. The minimum absolute atomic E-state index is 0.00400. The Morgan fingerprint density at radius 1 is 1.03 bits per heavy atom. The van der Waals surface area contributed by atoms with Gasteiger partial charge in [-0.25, -0.2) is 0 Å². The summed E-state index contributed by atoms with van der Waals surface area (Å²) in [7, 11) is 0. The molecule has 4 rings (SSSR count). The van der Waals surface area contributed by atoms with Crippen LogP contribution < -0.4 is 4.90 Å². The van der Waals surface area contributed by atoms with E-state index in [9.17, 15) is 9.59 Å². The Bertz CT molecular complexity index is 1060. The predicted octanol–water partition coefficient (Wildman–Crippen LogP) is 4.34. The molecule has 3 aromatic rings. The van der Waals surface area contributed by atoms with Gasteiger partial charge in [0.25, 0.3) is 11.8 Å². The lowest BCUT2D eigenvalue weighted by molar-refractivity contribution is 0.0684. The average molecular weight is 399 g/mol. The minimum Gasteiger partial charge on any atom is -0.331 e. The number of amides is 2. The van der Waals surface area contributed by atoms with Crippen LogP contribution in [0.3, 0.4) is 0 Å². The highest BCUT2D eigenvalue weighted by atomic mass is 16.2. The molecule has 1 aliphatic heterocycles. The maximum Gasteiger partial charge on any atom is 0.272 e. The molecular weight excluding hydrogens is 374 g/mol. The van der Waals surface area contributed by atoms with Gasteiger partial charge in [-0.1, -0.05) is 48.5 Å². The monoisotopic (exact) mass is 399 g/mol. The van der Waals surface area contributed by atoms with Crippen molar-refractivity contribution in [1.82, 2.24) is 9.88 Å². The molecule has 0 spiro atoms. The van der Waals surface area contributed by atoms with E-state index in [1.807, 2.05) is 68.4 Å². The standard InChI is InChI=1S/C25H25N3O2/c1-18(2)28(17-19-8-4-3-5-9-19)25(30)22-16-21(12-14-26-22)24(29)27-15-13-20-10-6-7-11-23(20)27/h3-12,14,16,18H,13,15,17H2,1-2H3. The summed E-state index contributed by atoms with van der Waals surface area (Å²) >= 11 is 0. The second-order valence-electron chi connectivity index (χ2n) is 7.78. The summed E-state index contributed by atoms with van der Waals surface area (Å²) in [5, 5.41) is 0. The Balaban J connectivity index is 1.58. The molecule has 0 saturated heterocycles. The Hall–Kier alpha value is -3.47. The zero-order valence-corrected chi connectivity index (χ0v) is 17.3. The van der Waals surface area contributed by atoms with E-state index in [0.717, 1.165) is 17.7 Å². The molecule has 0 atom stereocenters. The minimum atomic E-state index is -0.176. The number of aromatic nitrogens is 1. The molecule has 1 aliphatic rings. The summed E-state index contributed by atoms with van der Waals surface area (Å²) in [5.41, 5.74) is 3.94. The van der Waals surface area contributed by atoms with Crippen molar-refractivity contribution in [3.63, 3.8) is 0 Å². The van der Waals surface area contributed by atoms with Gasteiger partial charge in [0.2, 0.25) is 0 Å². The molecule has 0 fully saturated rings. The highest BCUT2D eigenvalue weighted by Gasteiger charge is 2.27. The van der Waals surface area contributed by atoms with Crippen molar-refractivity contribution in [1.29, 1.82) is 0 Å². The molecule has 0 unspecified atom stereocenters. The highest BCUT2D eigenvalue weighted by molar-refractivity contribution is 6.08. The van der Waals surface area contributed by atoms with Crippen LogP contribution in [0.5, 0.6) is 0 Å². The van der Waals surface area contributed by atoms with Gasteiger partial charge in [-0.15, -0.1) is 0 Å². The Morgan fingerprint density at radius 3 is 2.53 bits per heavy atom. The van der Waals surface area contributed by atoms with E-state index in [2.05, 4.69) is 4.98 Å². The van der Waals surface area contributed by atoms with E-state index < -0.39 is 0 Å².